The Bertz CT molecular complexity index is 621. The highest BCUT2D eigenvalue weighted by atomic mass is 32.2. The molecule has 3 rings (SSSR count). The second-order valence-corrected chi connectivity index (χ2v) is 10.1. The highest BCUT2D eigenvalue weighted by molar-refractivity contribution is 7.97. The topological polar surface area (TPSA) is 108 Å². The second kappa shape index (κ2) is 9.51. The first-order valence-corrected chi connectivity index (χ1v) is 12.3. The van der Waals surface area contributed by atoms with Crippen molar-refractivity contribution in [2.24, 2.45) is 5.14 Å². The lowest BCUT2D eigenvalue weighted by atomic mass is 10.0. The van der Waals surface area contributed by atoms with Gasteiger partial charge in [-0.15, -0.1) is 0 Å². The van der Waals surface area contributed by atoms with Crippen molar-refractivity contribution in [1.82, 2.24) is 9.97 Å². The van der Waals surface area contributed by atoms with Gasteiger partial charge in [0.2, 0.25) is 13.5 Å². The lowest BCUT2D eigenvalue weighted by Crippen LogP contribution is -2.38. The van der Waals surface area contributed by atoms with E-state index in [1.807, 2.05) is 6.07 Å². The molecule has 2 aliphatic rings. The van der Waals surface area contributed by atoms with Gasteiger partial charge in [-0.05, 0) is 31.7 Å². The number of aryl methyl sites for hydroxylation is 1. The molecule has 4 N–H and O–H groups in total. The molecular weight excluding hydrogens is 369 g/mol. The Morgan fingerprint density at radius 1 is 1.27 bits per heavy atom. The first kappa shape index (κ1) is 20.1. The normalized spacial score (nSPS) is 22.3. The van der Waals surface area contributed by atoms with Crippen LogP contribution in [0.5, 0.6) is 0 Å². The fraction of sp³-hybridized carbons (Fsp3) is 0.765. The molecule has 0 amide bonds. The molecule has 1 atom stereocenters. The number of nitrogens with zero attached hydrogens (tertiary/aromatic N) is 3. The van der Waals surface area contributed by atoms with Crippen molar-refractivity contribution in [3.05, 3.63) is 18.0 Å². The summed E-state index contributed by atoms with van der Waals surface area (Å²) in [6, 6.07) is 1.93. The van der Waals surface area contributed by atoms with Crippen LogP contribution in [0.1, 0.15) is 50.6 Å². The summed E-state index contributed by atoms with van der Waals surface area (Å²) in [5, 5.41) is 13.9. The molecule has 1 saturated heterocycles. The van der Waals surface area contributed by atoms with Crippen LogP contribution in [0, 0.1) is 5.16 Å². The summed E-state index contributed by atoms with van der Waals surface area (Å²) in [5.74, 6) is 1.60. The Labute approximate surface area is 160 Å². The van der Waals surface area contributed by atoms with E-state index in [1.54, 1.807) is 6.20 Å². The van der Waals surface area contributed by atoms with E-state index in [2.05, 4.69) is 14.9 Å². The molecule has 7 nitrogen and oxygen atoms in total. The van der Waals surface area contributed by atoms with E-state index in [0.29, 0.717) is 0 Å². The molecule has 1 saturated carbocycles. The minimum absolute atomic E-state index is 0.0270. The number of anilines is 1. The molecule has 1 aliphatic carbocycles. The quantitative estimate of drug-likeness (QED) is 0.475. The summed E-state index contributed by atoms with van der Waals surface area (Å²) in [7, 11) is -3.01. The van der Waals surface area contributed by atoms with Gasteiger partial charge in [-0.2, -0.15) is 0 Å². The van der Waals surface area contributed by atoms with Crippen LogP contribution < -0.4 is 10.0 Å². The molecular formula is C17H30N5O2PS. The Kier molecular flexibility index (Phi) is 7.35. The van der Waals surface area contributed by atoms with E-state index in [0.717, 1.165) is 75.4 Å². The van der Waals surface area contributed by atoms with Crippen LogP contribution in [0.4, 0.5) is 5.95 Å². The van der Waals surface area contributed by atoms with Crippen molar-refractivity contribution >= 4 is 25.4 Å². The third-order valence-corrected chi connectivity index (χ3v) is 7.85. The number of aromatic nitrogens is 2. The zero-order valence-electron chi connectivity index (χ0n) is 15.2. The van der Waals surface area contributed by atoms with E-state index >= 15 is 0 Å². The number of nitrogens with one attached hydrogen (secondary N) is 1. The van der Waals surface area contributed by atoms with Crippen LogP contribution in [0.15, 0.2) is 12.3 Å². The van der Waals surface area contributed by atoms with Crippen LogP contribution in [-0.2, 0) is 10.9 Å². The highest BCUT2D eigenvalue weighted by Crippen LogP contribution is 2.55. The van der Waals surface area contributed by atoms with Gasteiger partial charge in [-0.25, -0.2) is 9.97 Å². The van der Waals surface area contributed by atoms with Crippen LogP contribution in [0.25, 0.3) is 0 Å². The van der Waals surface area contributed by atoms with Gasteiger partial charge >= 0.3 is 0 Å². The maximum absolute atomic E-state index is 10.6. The van der Waals surface area contributed by atoms with Gasteiger partial charge < -0.3 is 14.3 Å². The van der Waals surface area contributed by atoms with Crippen molar-refractivity contribution in [2.45, 2.75) is 63.1 Å². The minimum Gasteiger partial charge on any atom is -0.341 e. The molecule has 0 bridgehead atoms. The maximum Gasteiger partial charge on any atom is 0.225 e. The predicted molar refractivity (Wildman–Crippen MR) is 107 cm³/mol. The van der Waals surface area contributed by atoms with Crippen LogP contribution >= 0.6 is 19.5 Å². The number of piperidine rings is 1. The third kappa shape index (κ3) is 5.42. The summed E-state index contributed by atoms with van der Waals surface area (Å²) in [5.41, 5.74) is 1.06. The molecule has 1 unspecified atom stereocenters. The van der Waals surface area contributed by atoms with E-state index in [-0.39, 0.29) is 11.8 Å². The lowest BCUT2D eigenvalue weighted by Gasteiger charge is -2.36. The van der Waals surface area contributed by atoms with Crippen molar-refractivity contribution in [2.75, 3.05) is 23.7 Å². The zero-order chi connectivity index (χ0) is 18.4. The monoisotopic (exact) mass is 399 g/mol. The predicted octanol–water partition coefficient (Wildman–Crippen LogP) is 3.55. The maximum atomic E-state index is 10.6. The summed E-state index contributed by atoms with van der Waals surface area (Å²) in [6.45, 7) is 1.59. The SMILES string of the molecule is N=P(O)(OC1CCN(c2nccc(CCSN)n2)CC1)C1CCCCC1. The van der Waals surface area contributed by atoms with E-state index in [4.69, 9.17) is 14.8 Å². The van der Waals surface area contributed by atoms with Crippen molar-refractivity contribution in [3.63, 3.8) is 0 Å². The van der Waals surface area contributed by atoms with Gasteiger partial charge in [0, 0.05) is 42.8 Å². The van der Waals surface area contributed by atoms with Crippen LogP contribution in [0.3, 0.4) is 0 Å². The Morgan fingerprint density at radius 2 is 2.00 bits per heavy atom. The summed E-state index contributed by atoms with van der Waals surface area (Å²) in [6.07, 6.45) is 9.56. The molecule has 2 heterocycles. The minimum atomic E-state index is -3.01. The number of rotatable bonds is 7. The van der Waals surface area contributed by atoms with Gasteiger partial charge in [-0.1, -0.05) is 31.2 Å². The van der Waals surface area contributed by atoms with Crippen molar-refractivity contribution < 1.29 is 9.42 Å². The molecule has 1 aliphatic heterocycles. The largest absolute Gasteiger partial charge is 0.341 e. The first-order chi connectivity index (χ1) is 12.6. The number of nitrogens with two attached hydrogens (primary N) is 1. The zero-order valence-corrected chi connectivity index (χ0v) is 16.9. The molecule has 0 radical (unpaired) electrons. The van der Waals surface area contributed by atoms with Gasteiger partial charge in [-0.3, -0.25) is 10.3 Å². The smallest absolute Gasteiger partial charge is 0.225 e. The fourth-order valence-electron chi connectivity index (χ4n) is 3.75. The third-order valence-electron chi connectivity index (χ3n) is 5.28. The molecule has 1 aromatic rings. The second-order valence-electron chi connectivity index (χ2n) is 7.18. The number of hydrogen-bond acceptors (Lipinski definition) is 7. The first-order valence-electron chi connectivity index (χ1n) is 9.52. The van der Waals surface area contributed by atoms with Gasteiger partial charge in [0.05, 0.1) is 6.10 Å². The molecule has 1 aromatic heterocycles. The summed E-state index contributed by atoms with van der Waals surface area (Å²) < 4.78 is 5.93. The molecule has 0 aromatic carbocycles. The molecule has 2 fully saturated rings. The van der Waals surface area contributed by atoms with Gasteiger partial charge in [0.15, 0.2) is 0 Å². The average molecular weight is 400 g/mol. The van der Waals surface area contributed by atoms with Gasteiger partial charge in [0.1, 0.15) is 0 Å². The van der Waals surface area contributed by atoms with E-state index in [9.17, 15) is 4.89 Å². The molecule has 26 heavy (non-hydrogen) atoms. The molecule has 0 spiro atoms. The van der Waals surface area contributed by atoms with E-state index < -0.39 is 7.51 Å². The molecule has 9 heteroatoms. The van der Waals surface area contributed by atoms with Crippen molar-refractivity contribution in [3.8, 4) is 0 Å². The van der Waals surface area contributed by atoms with E-state index in [1.165, 1.54) is 18.4 Å². The lowest BCUT2D eigenvalue weighted by molar-refractivity contribution is 0.158. The fourth-order valence-corrected chi connectivity index (χ4v) is 5.97. The Morgan fingerprint density at radius 3 is 2.69 bits per heavy atom. The van der Waals surface area contributed by atoms with Crippen molar-refractivity contribution in [1.29, 1.82) is 5.16 Å². The number of hydrogen-bond donors (Lipinski definition) is 3. The molecule has 146 valence electrons. The van der Waals surface area contributed by atoms with Crippen LogP contribution in [0.2, 0.25) is 0 Å². The standard InChI is InChI=1S/C17H30N5O2PS/c18-25(23,16-4-2-1-3-5-16)24-15-7-11-22(12-8-15)17-20-10-6-14(21-17)9-13-26-19/h6,10,15-16H,1-5,7-9,11-13,19H2,(H2,18,23). The average Bonchev–Trinajstić information content (AvgIpc) is 2.67. The van der Waals surface area contributed by atoms with Gasteiger partial charge in [0.25, 0.3) is 0 Å². The summed E-state index contributed by atoms with van der Waals surface area (Å²) in [4.78, 5) is 21.8. The Hall–Kier alpha value is -0.660. The Balaban J connectivity index is 1.51. The summed E-state index contributed by atoms with van der Waals surface area (Å²) >= 11 is 1.33. The van der Waals surface area contributed by atoms with Crippen LogP contribution in [-0.4, -0.2) is 45.5 Å². The highest BCUT2D eigenvalue weighted by Gasteiger charge is 2.33.